The molecule has 0 bridgehead atoms. The van der Waals surface area contributed by atoms with E-state index in [2.05, 4.69) is 20.5 Å². The highest BCUT2D eigenvalue weighted by molar-refractivity contribution is 7.26. The van der Waals surface area contributed by atoms with E-state index in [0.29, 0.717) is 33.5 Å². The number of anilines is 1. The zero-order valence-corrected chi connectivity index (χ0v) is 17.3. The fraction of sp³-hybridized carbons (Fsp3) is 0.263. The molecule has 0 unspecified atom stereocenters. The monoisotopic (exact) mass is 444 g/mol. The van der Waals surface area contributed by atoms with Gasteiger partial charge in [0.05, 0.1) is 15.2 Å². The average Bonchev–Trinajstić information content (AvgIpc) is 3.24. The first-order valence-electron chi connectivity index (χ1n) is 8.78. The molecule has 2 N–H and O–H groups in total. The number of rotatable bonds is 3. The smallest absolute Gasteiger partial charge is 0.363 e. The van der Waals surface area contributed by atoms with Gasteiger partial charge in [0.25, 0.3) is 0 Å². The number of benzene rings is 1. The Morgan fingerprint density at radius 2 is 1.83 bits per heavy atom. The lowest BCUT2D eigenvalue weighted by molar-refractivity contribution is -0.140. The van der Waals surface area contributed by atoms with Gasteiger partial charge in [0.2, 0.25) is 0 Å². The molecular formula is C19H17ClF4N4S. The second kappa shape index (κ2) is 8.16. The van der Waals surface area contributed by atoms with E-state index in [0.717, 1.165) is 16.9 Å². The van der Waals surface area contributed by atoms with Crippen molar-refractivity contribution in [3.05, 3.63) is 51.9 Å². The average molecular weight is 445 g/mol. The zero-order valence-electron chi connectivity index (χ0n) is 15.7. The third-order valence-electron chi connectivity index (χ3n) is 4.15. The van der Waals surface area contributed by atoms with Crippen molar-refractivity contribution in [2.24, 2.45) is 0 Å². The largest absolute Gasteiger partial charge is 0.434 e. The minimum absolute atomic E-state index is 0.234. The molecule has 0 amide bonds. The van der Waals surface area contributed by atoms with E-state index in [1.54, 1.807) is 12.1 Å². The fourth-order valence-electron chi connectivity index (χ4n) is 2.82. The van der Waals surface area contributed by atoms with Gasteiger partial charge in [-0.05, 0) is 30.2 Å². The molecule has 0 radical (unpaired) electrons. The highest BCUT2D eigenvalue weighted by atomic mass is 35.5. The van der Waals surface area contributed by atoms with Gasteiger partial charge in [-0.1, -0.05) is 37.6 Å². The van der Waals surface area contributed by atoms with E-state index in [9.17, 15) is 17.6 Å². The first kappa shape index (κ1) is 21.3. The Kier molecular flexibility index (Phi) is 6.00. The summed E-state index contributed by atoms with van der Waals surface area (Å²) in [5.41, 5.74) is 0.628. The molecule has 0 aliphatic heterocycles. The molecular weight excluding hydrogens is 428 g/mol. The van der Waals surface area contributed by atoms with E-state index in [-0.39, 0.29) is 10.6 Å². The molecule has 154 valence electrons. The Bertz CT molecular complexity index is 1150. The SMILES string of the molecule is CC.Cc1c(Cl)c(C(F)(F)F)nc2sc3c(NCc4ccc(F)cc4)n[nH]c3c12. The summed E-state index contributed by atoms with van der Waals surface area (Å²) in [5.74, 6) is 0.158. The quantitative estimate of drug-likeness (QED) is 0.337. The predicted octanol–water partition coefficient (Wildman–Crippen LogP) is 6.93. The summed E-state index contributed by atoms with van der Waals surface area (Å²) in [7, 11) is 0. The summed E-state index contributed by atoms with van der Waals surface area (Å²) < 4.78 is 53.1. The molecule has 0 spiro atoms. The number of aromatic amines is 1. The number of nitrogens with one attached hydrogen (secondary N) is 2. The van der Waals surface area contributed by atoms with Crippen LogP contribution in [0.3, 0.4) is 0 Å². The Labute approximate surface area is 172 Å². The lowest BCUT2D eigenvalue weighted by atomic mass is 10.1. The maximum absolute atomic E-state index is 13.2. The van der Waals surface area contributed by atoms with Crippen molar-refractivity contribution in [2.45, 2.75) is 33.5 Å². The van der Waals surface area contributed by atoms with Crippen molar-refractivity contribution in [1.82, 2.24) is 15.2 Å². The van der Waals surface area contributed by atoms with Crippen molar-refractivity contribution in [3.8, 4) is 0 Å². The normalized spacial score (nSPS) is 11.6. The minimum atomic E-state index is -4.63. The summed E-state index contributed by atoms with van der Waals surface area (Å²) in [4.78, 5) is 3.96. The topological polar surface area (TPSA) is 53.6 Å². The van der Waals surface area contributed by atoms with Crippen LogP contribution >= 0.6 is 22.9 Å². The van der Waals surface area contributed by atoms with E-state index < -0.39 is 16.9 Å². The second-order valence-electron chi connectivity index (χ2n) is 5.94. The minimum Gasteiger partial charge on any atom is -0.363 e. The number of hydrogen-bond acceptors (Lipinski definition) is 4. The fourth-order valence-corrected chi connectivity index (χ4v) is 4.21. The highest BCUT2D eigenvalue weighted by Crippen LogP contribution is 2.43. The number of hydrogen-bond donors (Lipinski definition) is 2. The molecule has 3 heterocycles. The van der Waals surface area contributed by atoms with Crippen LogP contribution in [0.1, 0.15) is 30.7 Å². The van der Waals surface area contributed by atoms with E-state index in [4.69, 9.17) is 11.6 Å². The zero-order chi connectivity index (χ0) is 21.3. The Hall–Kier alpha value is -2.39. The molecule has 0 atom stereocenters. The molecule has 10 heteroatoms. The van der Waals surface area contributed by atoms with Crippen LogP contribution < -0.4 is 5.32 Å². The maximum Gasteiger partial charge on any atom is 0.434 e. The lowest BCUT2D eigenvalue weighted by Gasteiger charge is -2.10. The number of aryl methyl sites for hydroxylation is 1. The van der Waals surface area contributed by atoms with Crippen LogP contribution in [0.2, 0.25) is 5.02 Å². The number of aromatic nitrogens is 3. The number of alkyl halides is 3. The maximum atomic E-state index is 13.2. The van der Waals surface area contributed by atoms with Gasteiger partial charge < -0.3 is 5.32 Å². The molecule has 1 aromatic carbocycles. The molecule has 3 aromatic heterocycles. The number of H-pyrrole nitrogens is 1. The number of thiophene rings is 1. The molecule has 0 aliphatic carbocycles. The van der Waals surface area contributed by atoms with Gasteiger partial charge in [0, 0.05) is 11.9 Å². The number of nitrogens with zero attached hydrogens (tertiary/aromatic N) is 2. The molecule has 0 saturated carbocycles. The van der Waals surface area contributed by atoms with Gasteiger partial charge in [0.1, 0.15) is 10.6 Å². The van der Waals surface area contributed by atoms with Crippen molar-refractivity contribution < 1.29 is 17.6 Å². The molecule has 0 aliphatic rings. The third-order valence-corrected chi connectivity index (χ3v) is 5.70. The summed E-state index contributed by atoms with van der Waals surface area (Å²) >= 11 is 7.02. The van der Waals surface area contributed by atoms with Crippen molar-refractivity contribution in [3.63, 3.8) is 0 Å². The molecule has 4 rings (SSSR count). The van der Waals surface area contributed by atoms with Gasteiger partial charge in [0.15, 0.2) is 11.5 Å². The molecule has 4 nitrogen and oxygen atoms in total. The number of pyridine rings is 1. The Morgan fingerprint density at radius 1 is 1.17 bits per heavy atom. The van der Waals surface area contributed by atoms with Crippen LogP contribution in [0, 0.1) is 12.7 Å². The van der Waals surface area contributed by atoms with E-state index in [1.807, 2.05) is 13.8 Å². The van der Waals surface area contributed by atoms with Crippen molar-refractivity contribution in [1.29, 1.82) is 0 Å². The standard InChI is InChI=1S/C17H11ClF4N4S.C2H6/c1-7-10-12-13(27-16(10)24-14(11(7)18)17(20,21)22)15(26-25-12)23-6-8-2-4-9(19)5-3-8;1-2/h2-5H,6H2,1H3,(H2,23,25,26);1-2H3. The molecule has 0 saturated heterocycles. The summed E-state index contributed by atoms with van der Waals surface area (Å²) in [5, 5.41) is 10.2. The van der Waals surface area contributed by atoms with Gasteiger partial charge in [-0.3, -0.25) is 5.10 Å². The Balaban J connectivity index is 0.00000117. The van der Waals surface area contributed by atoms with Crippen LogP contribution in [-0.4, -0.2) is 15.2 Å². The molecule has 4 aromatic rings. The van der Waals surface area contributed by atoms with Crippen LogP contribution in [0.4, 0.5) is 23.4 Å². The van der Waals surface area contributed by atoms with Crippen LogP contribution in [0.15, 0.2) is 24.3 Å². The Morgan fingerprint density at radius 3 is 2.45 bits per heavy atom. The van der Waals surface area contributed by atoms with Crippen LogP contribution in [-0.2, 0) is 12.7 Å². The predicted molar refractivity (Wildman–Crippen MR) is 109 cm³/mol. The van der Waals surface area contributed by atoms with Gasteiger partial charge >= 0.3 is 6.18 Å². The van der Waals surface area contributed by atoms with Gasteiger partial charge in [-0.15, -0.1) is 11.3 Å². The second-order valence-corrected chi connectivity index (χ2v) is 7.31. The summed E-state index contributed by atoms with van der Waals surface area (Å²) in [6, 6.07) is 5.98. The van der Waals surface area contributed by atoms with Gasteiger partial charge in [-0.2, -0.15) is 18.3 Å². The number of halogens is 5. The van der Waals surface area contributed by atoms with Crippen molar-refractivity contribution >= 4 is 49.2 Å². The first-order valence-corrected chi connectivity index (χ1v) is 9.97. The van der Waals surface area contributed by atoms with E-state index in [1.165, 1.54) is 19.1 Å². The summed E-state index contributed by atoms with van der Waals surface area (Å²) in [6.45, 7) is 5.91. The molecule has 29 heavy (non-hydrogen) atoms. The van der Waals surface area contributed by atoms with Crippen molar-refractivity contribution in [2.75, 3.05) is 5.32 Å². The molecule has 0 fully saturated rings. The third kappa shape index (κ3) is 4.02. The highest BCUT2D eigenvalue weighted by Gasteiger charge is 2.37. The first-order chi connectivity index (χ1) is 13.8. The van der Waals surface area contributed by atoms with Gasteiger partial charge in [-0.25, -0.2) is 9.37 Å². The van der Waals surface area contributed by atoms with Crippen LogP contribution in [0.5, 0.6) is 0 Å². The number of fused-ring (bicyclic) bond motifs is 3. The summed E-state index contributed by atoms with van der Waals surface area (Å²) in [6.07, 6.45) is -4.63. The lowest BCUT2D eigenvalue weighted by Crippen LogP contribution is -2.09. The van der Waals surface area contributed by atoms with Crippen LogP contribution in [0.25, 0.3) is 20.4 Å². The van der Waals surface area contributed by atoms with E-state index >= 15 is 0 Å².